The molecule has 0 aliphatic heterocycles. The summed E-state index contributed by atoms with van der Waals surface area (Å²) in [6.07, 6.45) is 1.84. The molecule has 0 saturated carbocycles. The number of thiol groups is 3. The highest BCUT2D eigenvalue weighted by Gasteiger charge is 2.28. The van der Waals surface area contributed by atoms with Crippen LogP contribution in [-0.4, -0.2) is 76.8 Å². The van der Waals surface area contributed by atoms with Crippen LogP contribution < -0.4 is 27.4 Å². The first-order valence-electron chi connectivity index (χ1n) is 8.63. The largest absolute Gasteiger partial charge is 0.480 e. The maximum atomic E-state index is 12.4. The van der Waals surface area contributed by atoms with Gasteiger partial charge in [-0.25, -0.2) is 4.79 Å². The highest BCUT2D eigenvalue weighted by molar-refractivity contribution is 7.80. The lowest BCUT2D eigenvalue weighted by Gasteiger charge is -2.23. The molecule has 0 spiro atoms. The van der Waals surface area contributed by atoms with E-state index in [1.807, 2.05) is 0 Å². The van der Waals surface area contributed by atoms with Gasteiger partial charge in [-0.2, -0.15) is 37.9 Å². The first-order chi connectivity index (χ1) is 13.2. The maximum absolute atomic E-state index is 12.4. The molecule has 0 aromatic carbocycles. The van der Waals surface area contributed by atoms with Gasteiger partial charge in [0.1, 0.15) is 18.1 Å². The Labute approximate surface area is 180 Å². The van der Waals surface area contributed by atoms with E-state index in [9.17, 15) is 19.2 Å². The van der Waals surface area contributed by atoms with Gasteiger partial charge in [0.2, 0.25) is 17.7 Å². The summed E-state index contributed by atoms with van der Waals surface area (Å²) in [5, 5.41) is 16.1. The fourth-order valence-electron chi connectivity index (χ4n) is 2.04. The van der Waals surface area contributed by atoms with Crippen LogP contribution in [0.3, 0.4) is 0 Å². The standard InChI is InChI=1S/C15H29N5O5S3/c16-4-2-1-3-8(17)12(21)18-9(5-26)13(22)19-10(6-27)14(23)20-11(7-28)15(24)25/h8-11,26-28H,1-7,16-17H2,(H,18,21)(H,19,22)(H,20,23)(H,24,25). The van der Waals surface area contributed by atoms with Crippen LogP contribution in [0.1, 0.15) is 19.3 Å². The number of carbonyl (C=O) groups excluding carboxylic acids is 3. The van der Waals surface area contributed by atoms with Gasteiger partial charge in [0.05, 0.1) is 6.04 Å². The molecule has 0 fully saturated rings. The van der Waals surface area contributed by atoms with Crippen LogP contribution >= 0.6 is 37.9 Å². The minimum Gasteiger partial charge on any atom is -0.480 e. The second-order valence-electron chi connectivity index (χ2n) is 5.96. The zero-order valence-electron chi connectivity index (χ0n) is 15.3. The number of amides is 3. The van der Waals surface area contributed by atoms with E-state index in [4.69, 9.17) is 16.6 Å². The molecule has 162 valence electrons. The number of carboxylic acid groups (broad SMARTS) is 1. The molecular formula is C15H29N5O5S3. The summed E-state index contributed by atoms with van der Waals surface area (Å²) in [6.45, 7) is 0.499. The summed E-state index contributed by atoms with van der Waals surface area (Å²) >= 11 is 11.9. The smallest absolute Gasteiger partial charge is 0.327 e. The van der Waals surface area contributed by atoms with Crippen molar-refractivity contribution in [3.8, 4) is 0 Å². The number of rotatable bonds is 14. The van der Waals surface area contributed by atoms with Crippen molar-refractivity contribution in [2.24, 2.45) is 11.5 Å². The van der Waals surface area contributed by atoms with Crippen molar-refractivity contribution in [1.29, 1.82) is 0 Å². The van der Waals surface area contributed by atoms with E-state index >= 15 is 0 Å². The average Bonchev–Trinajstić information content (AvgIpc) is 2.67. The van der Waals surface area contributed by atoms with E-state index in [-0.39, 0.29) is 17.3 Å². The van der Waals surface area contributed by atoms with Crippen molar-refractivity contribution < 1.29 is 24.3 Å². The van der Waals surface area contributed by atoms with Crippen LogP contribution in [0, 0.1) is 0 Å². The first kappa shape index (κ1) is 26.9. The monoisotopic (exact) mass is 455 g/mol. The Morgan fingerprint density at radius 1 is 0.786 bits per heavy atom. The van der Waals surface area contributed by atoms with Crippen molar-refractivity contribution in [1.82, 2.24) is 16.0 Å². The lowest BCUT2D eigenvalue weighted by atomic mass is 10.1. The number of nitrogens with two attached hydrogens (primary N) is 2. The van der Waals surface area contributed by atoms with Crippen LogP contribution in [-0.2, 0) is 19.2 Å². The van der Waals surface area contributed by atoms with Crippen LogP contribution in [0.5, 0.6) is 0 Å². The van der Waals surface area contributed by atoms with Gasteiger partial charge in [0.25, 0.3) is 0 Å². The third-order valence-electron chi connectivity index (χ3n) is 3.73. The minimum absolute atomic E-state index is 0.0254. The van der Waals surface area contributed by atoms with Crippen molar-refractivity contribution in [2.75, 3.05) is 23.8 Å². The summed E-state index contributed by atoms with van der Waals surface area (Å²) in [4.78, 5) is 47.6. The molecule has 4 atom stereocenters. The van der Waals surface area contributed by atoms with E-state index in [0.29, 0.717) is 19.4 Å². The Morgan fingerprint density at radius 2 is 1.21 bits per heavy atom. The SMILES string of the molecule is NCCCCC(N)C(=O)NC(CS)C(=O)NC(CS)C(=O)NC(CS)C(=O)O. The number of aliphatic carboxylic acids is 1. The lowest BCUT2D eigenvalue weighted by Crippen LogP contribution is -2.58. The summed E-state index contributed by atoms with van der Waals surface area (Å²) in [7, 11) is 0. The minimum atomic E-state index is -1.25. The zero-order valence-corrected chi connectivity index (χ0v) is 18.0. The summed E-state index contributed by atoms with van der Waals surface area (Å²) in [6, 6.07) is -4.12. The highest BCUT2D eigenvalue weighted by Crippen LogP contribution is 2.01. The fourth-order valence-corrected chi connectivity index (χ4v) is 2.80. The molecule has 0 rings (SSSR count). The van der Waals surface area contributed by atoms with E-state index in [2.05, 4.69) is 53.8 Å². The number of nitrogens with one attached hydrogen (secondary N) is 3. The third kappa shape index (κ3) is 9.87. The third-order valence-corrected chi connectivity index (χ3v) is 4.83. The van der Waals surface area contributed by atoms with Crippen LogP contribution in [0.25, 0.3) is 0 Å². The molecule has 0 aromatic rings. The molecule has 13 heteroatoms. The van der Waals surface area contributed by atoms with Gasteiger partial charge in [-0.05, 0) is 19.4 Å². The van der Waals surface area contributed by atoms with Crippen molar-refractivity contribution in [3.63, 3.8) is 0 Å². The first-order valence-corrected chi connectivity index (χ1v) is 10.5. The highest BCUT2D eigenvalue weighted by atomic mass is 32.1. The summed E-state index contributed by atoms with van der Waals surface area (Å²) in [5.41, 5.74) is 11.2. The number of hydrogen-bond donors (Lipinski definition) is 9. The lowest BCUT2D eigenvalue weighted by molar-refractivity contribution is -0.141. The Hall–Kier alpha value is -1.15. The average molecular weight is 456 g/mol. The predicted molar refractivity (Wildman–Crippen MR) is 116 cm³/mol. The van der Waals surface area contributed by atoms with Gasteiger partial charge < -0.3 is 32.5 Å². The second kappa shape index (κ2) is 14.8. The Morgan fingerprint density at radius 3 is 1.61 bits per heavy atom. The normalized spacial score (nSPS) is 15.0. The topological polar surface area (TPSA) is 177 Å². The van der Waals surface area contributed by atoms with Crippen LogP contribution in [0.4, 0.5) is 0 Å². The zero-order chi connectivity index (χ0) is 21.7. The van der Waals surface area contributed by atoms with Gasteiger partial charge >= 0.3 is 5.97 Å². The molecule has 0 radical (unpaired) electrons. The van der Waals surface area contributed by atoms with Gasteiger partial charge in [-0.3, -0.25) is 14.4 Å². The molecule has 0 heterocycles. The second-order valence-corrected chi connectivity index (χ2v) is 7.06. The number of carboxylic acids is 1. The van der Waals surface area contributed by atoms with Gasteiger partial charge in [-0.15, -0.1) is 0 Å². The summed E-state index contributed by atoms with van der Waals surface area (Å²) in [5.74, 6) is -3.39. The van der Waals surface area contributed by atoms with Crippen molar-refractivity contribution in [3.05, 3.63) is 0 Å². The Balaban J connectivity index is 4.80. The molecule has 8 N–H and O–H groups in total. The number of unbranched alkanes of at least 4 members (excludes halogenated alkanes) is 1. The molecule has 0 aliphatic carbocycles. The molecule has 0 aromatic heterocycles. The van der Waals surface area contributed by atoms with Gasteiger partial charge in [0.15, 0.2) is 0 Å². The van der Waals surface area contributed by atoms with E-state index < -0.39 is 47.9 Å². The quantitative estimate of drug-likeness (QED) is 0.105. The van der Waals surface area contributed by atoms with Crippen LogP contribution in [0.2, 0.25) is 0 Å². The van der Waals surface area contributed by atoms with Crippen LogP contribution in [0.15, 0.2) is 0 Å². The molecule has 0 bridgehead atoms. The van der Waals surface area contributed by atoms with Crippen molar-refractivity contribution >= 4 is 61.6 Å². The Bertz CT molecular complexity index is 540. The summed E-state index contributed by atoms with van der Waals surface area (Å²) < 4.78 is 0. The van der Waals surface area contributed by atoms with E-state index in [1.165, 1.54) is 0 Å². The van der Waals surface area contributed by atoms with Gasteiger partial charge in [-0.1, -0.05) is 6.42 Å². The molecular weight excluding hydrogens is 426 g/mol. The van der Waals surface area contributed by atoms with Crippen molar-refractivity contribution in [2.45, 2.75) is 43.4 Å². The fraction of sp³-hybridized carbons (Fsp3) is 0.733. The predicted octanol–water partition coefficient (Wildman–Crippen LogP) is -2.23. The van der Waals surface area contributed by atoms with E-state index in [0.717, 1.165) is 6.42 Å². The Kier molecular flexibility index (Phi) is 14.2. The molecule has 10 nitrogen and oxygen atoms in total. The molecule has 0 saturated heterocycles. The molecule has 3 amide bonds. The molecule has 0 aliphatic rings. The van der Waals surface area contributed by atoms with Gasteiger partial charge in [0, 0.05) is 17.3 Å². The maximum Gasteiger partial charge on any atom is 0.327 e. The molecule has 28 heavy (non-hydrogen) atoms. The number of hydrogen-bond acceptors (Lipinski definition) is 9. The van der Waals surface area contributed by atoms with E-state index in [1.54, 1.807) is 0 Å². The molecule has 4 unspecified atom stereocenters. The number of carbonyl (C=O) groups is 4.